The summed E-state index contributed by atoms with van der Waals surface area (Å²) >= 11 is 0. The van der Waals surface area contributed by atoms with Crippen LogP contribution < -0.4 is 10.6 Å². The number of aryl methyl sites for hydroxylation is 1. The second-order valence-corrected chi connectivity index (χ2v) is 7.12. The number of amides is 4. The van der Waals surface area contributed by atoms with Crippen LogP contribution in [0.1, 0.15) is 18.1 Å². The molecule has 4 amide bonds. The van der Waals surface area contributed by atoms with E-state index in [4.69, 9.17) is 0 Å². The van der Waals surface area contributed by atoms with E-state index in [1.54, 1.807) is 43.3 Å². The van der Waals surface area contributed by atoms with Crippen molar-refractivity contribution >= 4 is 23.5 Å². The highest BCUT2D eigenvalue weighted by atomic mass is 16.2. The van der Waals surface area contributed by atoms with Crippen LogP contribution in [0.4, 0.5) is 10.5 Å². The number of tetrazole rings is 1. The summed E-state index contributed by atoms with van der Waals surface area (Å²) < 4.78 is 1.48. The van der Waals surface area contributed by atoms with Crippen LogP contribution in [-0.2, 0) is 15.1 Å². The van der Waals surface area contributed by atoms with Crippen LogP contribution in [0.2, 0.25) is 0 Å². The number of nitrogens with one attached hydrogen (secondary N) is 2. The third-order valence-electron chi connectivity index (χ3n) is 5.02. The molecule has 0 saturated carbocycles. The number of imide groups is 1. The molecule has 2 aromatic carbocycles. The minimum atomic E-state index is -1.21. The van der Waals surface area contributed by atoms with E-state index in [0.717, 1.165) is 10.5 Å². The van der Waals surface area contributed by atoms with Gasteiger partial charge in [-0.15, -0.1) is 5.10 Å². The molecule has 1 unspecified atom stereocenters. The first-order chi connectivity index (χ1) is 14.4. The lowest BCUT2D eigenvalue weighted by molar-refractivity contribution is -0.133. The average Bonchev–Trinajstić information content (AvgIpc) is 3.34. The molecule has 0 spiro atoms. The van der Waals surface area contributed by atoms with Crippen LogP contribution >= 0.6 is 0 Å². The normalized spacial score (nSPS) is 18.4. The predicted molar refractivity (Wildman–Crippen MR) is 107 cm³/mol. The second-order valence-electron chi connectivity index (χ2n) is 7.12. The van der Waals surface area contributed by atoms with Crippen LogP contribution in [0, 0.1) is 6.92 Å². The van der Waals surface area contributed by atoms with E-state index in [1.165, 1.54) is 11.0 Å². The number of anilines is 1. The Hall–Kier alpha value is -4.08. The quantitative estimate of drug-likeness (QED) is 0.619. The molecule has 2 N–H and O–H groups in total. The van der Waals surface area contributed by atoms with E-state index in [2.05, 4.69) is 26.2 Å². The molecule has 1 atom stereocenters. The van der Waals surface area contributed by atoms with Crippen molar-refractivity contribution in [2.75, 3.05) is 11.9 Å². The van der Waals surface area contributed by atoms with E-state index in [0.29, 0.717) is 16.9 Å². The van der Waals surface area contributed by atoms with Crippen molar-refractivity contribution in [1.29, 1.82) is 0 Å². The fraction of sp³-hybridized carbons (Fsp3) is 0.200. The molecule has 0 radical (unpaired) electrons. The molecule has 1 saturated heterocycles. The summed E-state index contributed by atoms with van der Waals surface area (Å²) in [5, 5.41) is 16.5. The number of rotatable bonds is 5. The van der Waals surface area contributed by atoms with Gasteiger partial charge in [0.05, 0.1) is 5.69 Å². The molecule has 10 nitrogen and oxygen atoms in total. The van der Waals surface area contributed by atoms with Crippen molar-refractivity contribution in [3.05, 3.63) is 66.0 Å². The maximum atomic E-state index is 12.9. The molecule has 4 rings (SSSR count). The van der Waals surface area contributed by atoms with Crippen molar-refractivity contribution in [3.8, 4) is 5.69 Å². The van der Waals surface area contributed by atoms with Crippen LogP contribution in [-0.4, -0.2) is 49.5 Å². The number of urea groups is 1. The molecule has 10 heteroatoms. The van der Waals surface area contributed by atoms with Gasteiger partial charge in [0.15, 0.2) is 0 Å². The molecule has 2 heterocycles. The SMILES string of the molecule is Cc1ccc(NC(=O)CN2C(=O)NC(C)(c3ccccc3)C2=O)cc1-n1cnnn1. The Labute approximate surface area is 171 Å². The Bertz CT molecular complexity index is 1110. The van der Waals surface area contributed by atoms with Crippen LogP contribution in [0.5, 0.6) is 0 Å². The number of nitrogens with zero attached hydrogens (tertiary/aromatic N) is 5. The number of hydrogen-bond donors (Lipinski definition) is 2. The molecule has 1 fully saturated rings. The first-order valence-electron chi connectivity index (χ1n) is 9.22. The standard InChI is InChI=1S/C20H19N7O3/c1-13-8-9-15(10-16(13)27-12-21-24-25-27)22-17(28)11-26-18(29)20(2,23-19(26)30)14-6-4-3-5-7-14/h3-10,12H,11H2,1-2H3,(H,22,28)(H,23,30). The number of aromatic nitrogens is 4. The highest BCUT2D eigenvalue weighted by molar-refractivity contribution is 6.10. The van der Waals surface area contributed by atoms with Gasteiger partial charge in [-0.05, 0) is 47.5 Å². The Morgan fingerprint density at radius 3 is 2.63 bits per heavy atom. The number of hydrogen-bond acceptors (Lipinski definition) is 6. The third-order valence-corrected chi connectivity index (χ3v) is 5.02. The summed E-state index contributed by atoms with van der Waals surface area (Å²) in [4.78, 5) is 38.8. The summed E-state index contributed by atoms with van der Waals surface area (Å²) in [6, 6.07) is 13.6. The van der Waals surface area contributed by atoms with Crippen molar-refractivity contribution in [2.45, 2.75) is 19.4 Å². The van der Waals surface area contributed by atoms with Crippen molar-refractivity contribution in [1.82, 2.24) is 30.4 Å². The van der Waals surface area contributed by atoms with Gasteiger partial charge < -0.3 is 10.6 Å². The summed E-state index contributed by atoms with van der Waals surface area (Å²) in [6.07, 6.45) is 1.45. The summed E-state index contributed by atoms with van der Waals surface area (Å²) in [7, 11) is 0. The molecular formula is C20H19N7O3. The van der Waals surface area contributed by atoms with Crippen molar-refractivity contribution in [3.63, 3.8) is 0 Å². The molecule has 3 aromatic rings. The summed E-state index contributed by atoms with van der Waals surface area (Å²) in [5.74, 6) is -0.977. The molecule has 0 bridgehead atoms. The van der Waals surface area contributed by atoms with E-state index >= 15 is 0 Å². The van der Waals surface area contributed by atoms with Gasteiger partial charge in [-0.25, -0.2) is 9.48 Å². The Morgan fingerprint density at radius 2 is 1.93 bits per heavy atom. The minimum Gasteiger partial charge on any atom is -0.324 e. The van der Waals surface area contributed by atoms with E-state index in [1.807, 2.05) is 19.1 Å². The highest BCUT2D eigenvalue weighted by Gasteiger charge is 2.49. The van der Waals surface area contributed by atoms with Crippen LogP contribution in [0.25, 0.3) is 5.69 Å². The fourth-order valence-corrected chi connectivity index (χ4v) is 3.36. The van der Waals surface area contributed by atoms with E-state index in [9.17, 15) is 14.4 Å². The lowest BCUT2D eigenvalue weighted by Crippen LogP contribution is -2.42. The van der Waals surface area contributed by atoms with Gasteiger partial charge in [-0.1, -0.05) is 36.4 Å². The van der Waals surface area contributed by atoms with Crippen molar-refractivity contribution < 1.29 is 14.4 Å². The molecule has 0 aliphatic carbocycles. The molecular weight excluding hydrogens is 386 g/mol. The molecule has 1 aromatic heterocycles. The number of carbonyl (C=O) groups is 3. The maximum absolute atomic E-state index is 12.9. The molecule has 30 heavy (non-hydrogen) atoms. The number of carbonyl (C=O) groups excluding carboxylic acids is 3. The Morgan fingerprint density at radius 1 is 1.17 bits per heavy atom. The molecule has 1 aliphatic rings. The molecule has 152 valence electrons. The first-order valence-corrected chi connectivity index (χ1v) is 9.22. The van der Waals surface area contributed by atoms with Crippen LogP contribution in [0.15, 0.2) is 54.9 Å². The maximum Gasteiger partial charge on any atom is 0.325 e. The van der Waals surface area contributed by atoms with E-state index in [-0.39, 0.29) is 0 Å². The zero-order chi connectivity index (χ0) is 21.3. The molecule has 1 aliphatic heterocycles. The highest BCUT2D eigenvalue weighted by Crippen LogP contribution is 2.28. The lowest BCUT2D eigenvalue weighted by atomic mass is 9.92. The van der Waals surface area contributed by atoms with Gasteiger partial charge in [-0.2, -0.15) is 0 Å². The van der Waals surface area contributed by atoms with Gasteiger partial charge in [0.2, 0.25) is 5.91 Å². The average molecular weight is 405 g/mol. The lowest BCUT2D eigenvalue weighted by Gasteiger charge is -2.22. The van der Waals surface area contributed by atoms with Gasteiger partial charge >= 0.3 is 6.03 Å². The van der Waals surface area contributed by atoms with Gasteiger partial charge in [0.1, 0.15) is 18.4 Å². The smallest absolute Gasteiger partial charge is 0.324 e. The Kier molecular flexibility index (Phi) is 4.74. The summed E-state index contributed by atoms with van der Waals surface area (Å²) in [6.45, 7) is 3.11. The second kappa shape index (κ2) is 7.39. The number of benzene rings is 2. The first kappa shape index (κ1) is 19.2. The monoisotopic (exact) mass is 405 g/mol. The fourth-order valence-electron chi connectivity index (χ4n) is 3.36. The van der Waals surface area contributed by atoms with Crippen molar-refractivity contribution in [2.24, 2.45) is 0 Å². The predicted octanol–water partition coefficient (Wildman–Crippen LogP) is 1.38. The van der Waals surface area contributed by atoms with Crippen LogP contribution in [0.3, 0.4) is 0 Å². The Balaban J connectivity index is 1.49. The minimum absolute atomic E-state index is 0.402. The van der Waals surface area contributed by atoms with Gasteiger partial charge in [0, 0.05) is 5.69 Å². The largest absolute Gasteiger partial charge is 0.325 e. The topological polar surface area (TPSA) is 122 Å². The summed E-state index contributed by atoms with van der Waals surface area (Å²) in [5.41, 5.74) is 1.54. The van der Waals surface area contributed by atoms with Gasteiger partial charge in [-0.3, -0.25) is 14.5 Å². The van der Waals surface area contributed by atoms with Gasteiger partial charge in [0.25, 0.3) is 5.91 Å². The van der Waals surface area contributed by atoms with E-state index < -0.39 is 29.9 Å². The third kappa shape index (κ3) is 3.39. The zero-order valence-electron chi connectivity index (χ0n) is 16.4. The zero-order valence-corrected chi connectivity index (χ0v) is 16.4.